The highest BCUT2D eigenvalue weighted by Gasteiger charge is 2.38. The summed E-state index contributed by atoms with van der Waals surface area (Å²) in [6.07, 6.45) is -4.73. The van der Waals surface area contributed by atoms with Crippen molar-refractivity contribution >= 4 is 11.4 Å². The average Bonchev–Trinajstić information content (AvgIpc) is 2.29. The van der Waals surface area contributed by atoms with Crippen LogP contribution >= 0.6 is 0 Å². The largest absolute Gasteiger partial charge is 0.423 e. The molecule has 1 aromatic carbocycles. The molecule has 4 nitrogen and oxygen atoms in total. The predicted molar refractivity (Wildman–Crippen MR) is 61.7 cm³/mol. The molecule has 0 spiro atoms. The van der Waals surface area contributed by atoms with E-state index in [0.29, 0.717) is 18.8 Å². The number of benzene rings is 1. The van der Waals surface area contributed by atoms with Crippen LogP contribution in [0.15, 0.2) is 18.2 Å². The van der Waals surface area contributed by atoms with E-state index < -0.39 is 22.4 Å². The summed E-state index contributed by atoms with van der Waals surface area (Å²) in [5, 5.41) is 10.6. The molecule has 0 heterocycles. The number of alkyl halides is 3. The van der Waals surface area contributed by atoms with Gasteiger partial charge >= 0.3 is 6.18 Å². The Kier molecular flexibility index (Phi) is 4.15. The van der Waals surface area contributed by atoms with Crippen LogP contribution in [0.5, 0.6) is 0 Å². The number of anilines is 1. The lowest BCUT2D eigenvalue weighted by atomic mass is 10.1. The second-order valence-electron chi connectivity index (χ2n) is 3.63. The van der Waals surface area contributed by atoms with Crippen molar-refractivity contribution in [2.45, 2.75) is 20.0 Å². The van der Waals surface area contributed by atoms with Gasteiger partial charge in [0.15, 0.2) is 0 Å². The number of nitro groups is 1. The summed E-state index contributed by atoms with van der Waals surface area (Å²) in [5.74, 6) is 0. The highest BCUT2D eigenvalue weighted by Crippen LogP contribution is 2.38. The Hall–Kier alpha value is -1.79. The van der Waals surface area contributed by atoms with Crippen LogP contribution in [0.4, 0.5) is 24.5 Å². The van der Waals surface area contributed by atoms with Crippen molar-refractivity contribution in [3.63, 3.8) is 0 Å². The molecule has 0 N–H and O–H groups in total. The van der Waals surface area contributed by atoms with Crippen LogP contribution in [-0.4, -0.2) is 18.0 Å². The monoisotopic (exact) mass is 262 g/mol. The summed E-state index contributed by atoms with van der Waals surface area (Å²) in [6.45, 7) is 4.67. The maximum atomic E-state index is 12.7. The lowest BCUT2D eigenvalue weighted by molar-refractivity contribution is -0.388. The molecular formula is C11H13F3N2O2. The van der Waals surface area contributed by atoms with E-state index in [1.807, 2.05) is 0 Å². The first-order valence-electron chi connectivity index (χ1n) is 5.41. The van der Waals surface area contributed by atoms with E-state index in [1.54, 1.807) is 18.7 Å². The number of hydrogen-bond acceptors (Lipinski definition) is 3. The molecule has 0 saturated heterocycles. The molecule has 0 aliphatic carbocycles. The Bertz CT molecular complexity index is 442. The molecule has 0 aromatic heterocycles. The number of hydrogen-bond donors (Lipinski definition) is 0. The van der Waals surface area contributed by atoms with Gasteiger partial charge in [0, 0.05) is 24.8 Å². The molecule has 1 aromatic rings. The number of rotatable bonds is 4. The van der Waals surface area contributed by atoms with Crippen LogP contribution < -0.4 is 4.90 Å². The van der Waals surface area contributed by atoms with Gasteiger partial charge in [-0.3, -0.25) is 10.1 Å². The first-order valence-corrected chi connectivity index (χ1v) is 5.41. The first kappa shape index (κ1) is 14.3. The van der Waals surface area contributed by atoms with Crippen molar-refractivity contribution in [3.8, 4) is 0 Å². The molecule has 0 fully saturated rings. The van der Waals surface area contributed by atoms with Gasteiger partial charge in [-0.15, -0.1) is 0 Å². The van der Waals surface area contributed by atoms with Gasteiger partial charge < -0.3 is 4.90 Å². The van der Waals surface area contributed by atoms with Gasteiger partial charge in [-0.1, -0.05) is 0 Å². The van der Waals surface area contributed by atoms with Crippen molar-refractivity contribution in [2.75, 3.05) is 18.0 Å². The normalized spacial score (nSPS) is 11.4. The minimum atomic E-state index is -4.73. The van der Waals surface area contributed by atoms with Gasteiger partial charge in [0.25, 0.3) is 5.69 Å². The Morgan fingerprint density at radius 2 is 1.83 bits per heavy atom. The maximum Gasteiger partial charge on any atom is 0.423 e. The zero-order valence-corrected chi connectivity index (χ0v) is 9.99. The summed E-state index contributed by atoms with van der Waals surface area (Å²) in [7, 11) is 0. The van der Waals surface area contributed by atoms with E-state index in [2.05, 4.69) is 0 Å². The Morgan fingerprint density at radius 1 is 1.28 bits per heavy atom. The van der Waals surface area contributed by atoms with Crippen LogP contribution in [0, 0.1) is 10.1 Å². The van der Waals surface area contributed by atoms with Crippen LogP contribution in [0.25, 0.3) is 0 Å². The lowest BCUT2D eigenvalue weighted by Crippen LogP contribution is -2.22. The van der Waals surface area contributed by atoms with E-state index in [9.17, 15) is 23.3 Å². The minimum Gasteiger partial charge on any atom is -0.372 e. The molecule has 0 aliphatic rings. The molecule has 0 aliphatic heterocycles. The van der Waals surface area contributed by atoms with Crippen molar-refractivity contribution in [1.29, 1.82) is 0 Å². The summed E-state index contributed by atoms with van der Waals surface area (Å²) in [4.78, 5) is 11.3. The van der Waals surface area contributed by atoms with Gasteiger partial charge in [0.2, 0.25) is 0 Å². The van der Waals surface area contributed by atoms with Crippen molar-refractivity contribution in [3.05, 3.63) is 33.9 Å². The van der Waals surface area contributed by atoms with Crippen molar-refractivity contribution < 1.29 is 18.1 Å². The molecule has 7 heteroatoms. The lowest BCUT2D eigenvalue weighted by Gasteiger charge is -2.22. The van der Waals surface area contributed by atoms with E-state index in [0.717, 1.165) is 12.1 Å². The zero-order chi connectivity index (χ0) is 13.9. The third-order valence-electron chi connectivity index (χ3n) is 2.61. The maximum absolute atomic E-state index is 12.7. The molecule has 0 bridgehead atoms. The molecular weight excluding hydrogens is 249 g/mol. The van der Waals surface area contributed by atoms with Crippen LogP contribution in [0.2, 0.25) is 0 Å². The van der Waals surface area contributed by atoms with Crippen LogP contribution in [-0.2, 0) is 6.18 Å². The summed E-state index contributed by atoms with van der Waals surface area (Å²) in [6, 6.07) is 3.06. The third-order valence-corrected chi connectivity index (χ3v) is 2.61. The van der Waals surface area contributed by atoms with E-state index in [1.165, 1.54) is 6.07 Å². The van der Waals surface area contributed by atoms with Gasteiger partial charge in [0.1, 0.15) is 5.56 Å². The Morgan fingerprint density at radius 3 is 2.22 bits per heavy atom. The predicted octanol–water partition coefficient (Wildman–Crippen LogP) is 3.46. The van der Waals surface area contributed by atoms with Gasteiger partial charge in [-0.25, -0.2) is 0 Å². The minimum absolute atomic E-state index is 0.331. The summed E-state index contributed by atoms with van der Waals surface area (Å²) in [5.41, 5.74) is -1.80. The van der Waals surface area contributed by atoms with E-state index in [-0.39, 0.29) is 0 Å². The molecule has 0 atom stereocenters. The van der Waals surface area contributed by atoms with Crippen molar-refractivity contribution in [2.24, 2.45) is 0 Å². The highest BCUT2D eigenvalue weighted by atomic mass is 19.4. The van der Waals surface area contributed by atoms with E-state index >= 15 is 0 Å². The third kappa shape index (κ3) is 2.91. The Balaban J connectivity index is 3.34. The molecule has 100 valence electrons. The fourth-order valence-corrected chi connectivity index (χ4v) is 1.70. The Labute approximate surface area is 102 Å². The van der Waals surface area contributed by atoms with Crippen molar-refractivity contribution in [1.82, 2.24) is 0 Å². The topological polar surface area (TPSA) is 46.4 Å². The first-order chi connectivity index (χ1) is 8.31. The summed E-state index contributed by atoms with van der Waals surface area (Å²) >= 11 is 0. The second-order valence-corrected chi connectivity index (χ2v) is 3.63. The highest BCUT2D eigenvalue weighted by molar-refractivity contribution is 5.56. The summed E-state index contributed by atoms with van der Waals surface area (Å²) < 4.78 is 38.2. The molecule has 0 saturated carbocycles. The quantitative estimate of drug-likeness (QED) is 0.616. The fourth-order valence-electron chi connectivity index (χ4n) is 1.70. The molecule has 0 unspecified atom stereocenters. The van der Waals surface area contributed by atoms with Gasteiger partial charge in [0.05, 0.1) is 4.92 Å². The zero-order valence-electron chi connectivity index (χ0n) is 9.99. The van der Waals surface area contributed by atoms with Crippen LogP contribution in [0.3, 0.4) is 0 Å². The SMILES string of the molecule is CCN(CC)c1ccc([N+](=O)[O-])c(C(F)(F)F)c1. The molecule has 0 radical (unpaired) electrons. The molecule has 0 amide bonds. The van der Waals surface area contributed by atoms with Gasteiger partial charge in [-0.05, 0) is 26.0 Å². The van der Waals surface area contributed by atoms with E-state index in [4.69, 9.17) is 0 Å². The molecule has 1 rings (SSSR count). The molecule has 18 heavy (non-hydrogen) atoms. The van der Waals surface area contributed by atoms with Crippen LogP contribution in [0.1, 0.15) is 19.4 Å². The smallest absolute Gasteiger partial charge is 0.372 e. The number of halogens is 3. The number of nitrogens with zero attached hydrogens (tertiary/aromatic N) is 2. The van der Waals surface area contributed by atoms with Gasteiger partial charge in [-0.2, -0.15) is 13.2 Å². The number of nitro benzene ring substituents is 1. The fraction of sp³-hybridized carbons (Fsp3) is 0.455. The second kappa shape index (κ2) is 5.24. The average molecular weight is 262 g/mol. The standard InChI is InChI=1S/C11H13F3N2O2/c1-3-15(4-2)8-5-6-10(16(17)18)9(7-8)11(12,13)14/h5-7H,3-4H2,1-2H3.